The second-order valence-corrected chi connectivity index (χ2v) is 6.68. The molecule has 0 fully saturated rings. The molecule has 0 aliphatic rings. The van der Waals surface area contributed by atoms with Crippen LogP contribution in [0, 0.1) is 10.1 Å². The monoisotopic (exact) mass is 317 g/mol. The molecule has 0 radical (unpaired) electrons. The van der Waals surface area contributed by atoms with Gasteiger partial charge in [0, 0.05) is 20.7 Å². The number of anilines is 1. The maximum Gasteiger partial charge on any atom is 0.312 e. The number of nitrogens with one attached hydrogen (secondary N) is 2. The Labute approximate surface area is 123 Å². The van der Waals surface area contributed by atoms with Crippen LogP contribution in [0.3, 0.4) is 0 Å². The van der Waals surface area contributed by atoms with Crippen molar-refractivity contribution in [2.75, 3.05) is 26.0 Å². The Balaban J connectivity index is 3.23. The van der Waals surface area contributed by atoms with Gasteiger partial charge in [-0.2, -0.15) is 0 Å². The first-order valence-electron chi connectivity index (χ1n) is 6.14. The van der Waals surface area contributed by atoms with Crippen LogP contribution in [0.1, 0.15) is 13.8 Å². The second-order valence-electron chi connectivity index (χ2n) is 4.95. The fraction of sp³-hybridized carbons (Fsp3) is 0.500. The normalized spacial score (nSPS) is 12.2. The fourth-order valence-corrected chi connectivity index (χ4v) is 2.94. The smallest absolute Gasteiger partial charge is 0.312 e. The number of ether oxygens (including phenoxy) is 1. The SMILES string of the molecule is CNc1cccc(S(=O)(=O)NCC(C)(C)OC)c1[N+](=O)[O-]. The van der Waals surface area contributed by atoms with E-state index < -0.39 is 26.2 Å². The molecular weight excluding hydrogens is 298 g/mol. The predicted octanol–water partition coefficient (Wildman–Crippen LogP) is 1.34. The van der Waals surface area contributed by atoms with Gasteiger partial charge in [0.05, 0.1) is 10.5 Å². The molecule has 0 aliphatic carbocycles. The third-order valence-corrected chi connectivity index (χ3v) is 4.41. The van der Waals surface area contributed by atoms with Gasteiger partial charge in [-0.3, -0.25) is 10.1 Å². The molecule has 118 valence electrons. The molecule has 0 aromatic heterocycles. The molecule has 1 aromatic rings. The standard InChI is InChI=1S/C12H19N3O5S/c1-12(2,20-4)8-14-21(18,19)10-7-5-6-9(13-3)11(10)15(16)17/h5-7,13-14H,8H2,1-4H3. The summed E-state index contributed by atoms with van der Waals surface area (Å²) in [4.78, 5) is 10.1. The summed E-state index contributed by atoms with van der Waals surface area (Å²) in [5.41, 5.74) is -1.07. The molecule has 0 atom stereocenters. The van der Waals surface area contributed by atoms with Crippen molar-refractivity contribution in [3.63, 3.8) is 0 Å². The van der Waals surface area contributed by atoms with Crippen LogP contribution >= 0.6 is 0 Å². The van der Waals surface area contributed by atoms with Gasteiger partial charge in [-0.1, -0.05) is 6.07 Å². The largest absolute Gasteiger partial charge is 0.383 e. The molecule has 1 rings (SSSR count). The zero-order valence-electron chi connectivity index (χ0n) is 12.3. The summed E-state index contributed by atoms with van der Waals surface area (Å²) in [6.45, 7) is 3.40. The van der Waals surface area contributed by atoms with Crippen LogP contribution in [-0.2, 0) is 14.8 Å². The Morgan fingerprint density at radius 1 is 1.38 bits per heavy atom. The summed E-state index contributed by atoms with van der Waals surface area (Å²) in [7, 11) is -1.08. The van der Waals surface area contributed by atoms with Crippen LogP contribution in [0.2, 0.25) is 0 Å². The molecule has 21 heavy (non-hydrogen) atoms. The van der Waals surface area contributed by atoms with E-state index >= 15 is 0 Å². The molecule has 0 saturated carbocycles. The predicted molar refractivity (Wildman–Crippen MR) is 78.9 cm³/mol. The molecule has 8 nitrogen and oxygen atoms in total. The van der Waals surface area contributed by atoms with E-state index in [0.717, 1.165) is 0 Å². The van der Waals surface area contributed by atoms with Crippen LogP contribution < -0.4 is 10.0 Å². The fourth-order valence-electron chi connectivity index (χ4n) is 1.55. The third-order valence-electron chi connectivity index (χ3n) is 2.98. The number of rotatable bonds is 7. The lowest BCUT2D eigenvalue weighted by atomic mass is 10.1. The van der Waals surface area contributed by atoms with Gasteiger partial charge in [0.1, 0.15) is 5.69 Å². The van der Waals surface area contributed by atoms with Crippen molar-refractivity contribution in [1.29, 1.82) is 0 Å². The number of nitro groups is 1. The van der Waals surface area contributed by atoms with Gasteiger partial charge in [-0.05, 0) is 26.0 Å². The van der Waals surface area contributed by atoms with Crippen molar-refractivity contribution < 1.29 is 18.1 Å². The van der Waals surface area contributed by atoms with Crippen LogP contribution in [0.25, 0.3) is 0 Å². The number of nitrogens with zero attached hydrogens (tertiary/aromatic N) is 1. The minimum Gasteiger partial charge on any atom is -0.383 e. The van der Waals surface area contributed by atoms with Gasteiger partial charge < -0.3 is 10.1 Å². The average molecular weight is 317 g/mol. The first-order chi connectivity index (χ1) is 9.64. The number of nitro benzene ring substituents is 1. The lowest BCUT2D eigenvalue weighted by Gasteiger charge is -2.23. The number of hydrogen-bond donors (Lipinski definition) is 2. The Morgan fingerprint density at radius 2 is 2.00 bits per heavy atom. The van der Waals surface area contributed by atoms with E-state index in [4.69, 9.17) is 4.74 Å². The van der Waals surface area contributed by atoms with Gasteiger partial charge in [0.25, 0.3) is 0 Å². The molecule has 1 aromatic carbocycles. The van der Waals surface area contributed by atoms with Crippen molar-refractivity contribution in [2.24, 2.45) is 0 Å². The summed E-state index contributed by atoms with van der Waals surface area (Å²) in [5.74, 6) is 0. The first-order valence-corrected chi connectivity index (χ1v) is 7.63. The highest BCUT2D eigenvalue weighted by atomic mass is 32.2. The Bertz CT molecular complexity index is 628. The van der Waals surface area contributed by atoms with E-state index in [1.54, 1.807) is 13.8 Å². The van der Waals surface area contributed by atoms with Gasteiger partial charge >= 0.3 is 5.69 Å². The van der Waals surface area contributed by atoms with Gasteiger partial charge in [0.15, 0.2) is 4.90 Å². The Morgan fingerprint density at radius 3 is 2.48 bits per heavy atom. The first kappa shape index (κ1) is 17.3. The summed E-state index contributed by atoms with van der Waals surface area (Å²) in [6, 6.07) is 4.08. The Kier molecular flexibility index (Phi) is 5.26. The summed E-state index contributed by atoms with van der Waals surface area (Å²) < 4.78 is 32.0. The molecule has 0 saturated heterocycles. The highest BCUT2D eigenvalue weighted by Gasteiger charge is 2.30. The quantitative estimate of drug-likeness (QED) is 0.580. The van der Waals surface area contributed by atoms with Crippen LogP contribution in [0.15, 0.2) is 23.1 Å². The van der Waals surface area contributed by atoms with Crippen LogP contribution in [-0.4, -0.2) is 39.6 Å². The summed E-state index contributed by atoms with van der Waals surface area (Å²) in [6.07, 6.45) is 0. The van der Waals surface area contributed by atoms with Crippen molar-refractivity contribution in [3.05, 3.63) is 28.3 Å². The molecule has 2 N–H and O–H groups in total. The van der Waals surface area contributed by atoms with Gasteiger partial charge in [0.2, 0.25) is 10.0 Å². The number of para-hydroxylation sites is 1. The zero-order valence-corrected chi connectivity index (χ0v) is 13.2. The minimum atomic E-state index is -4.02. The van der Waals surface area contributed by atoms with Crippen LogP contribution in [0.5, 0.6) is 0 Å². The second kappa shape index (κ2) is 6.37. The summed E-state index contributed by atoms with van der Waals surface area (Å²) in [5, 5.41) is 13.8. The number of methoxy groups -OCH3 is 1. The van der Waals surface area contributed by atoms with Gasteiger partial charge in [-0.15, -0.1) is 0 Å². The number of sulfonamides is 1. The molecule has 0 bridgehead atoms. The van der Waals surface area contributed by atoms with E-state index in [1.807, 2.05) is 0 Å². The molecule has 0 spiro atoms. The topological polar surface area (TPSA) is 111 Å². The lowest BCUT2D eigenvalue weighted by molar-refractivity contribution is -0.386. The van der Waals surface area contributed by atoms with E-state index in [1.165, 1.54) is 32.4 Å². The van der Waals surface area contributed by atoms with E-state index in [0.29, 0.717) is 0 Å². The molecule has 0 heterocycles. The lowest BCUT2D eigenvalue weighted by Crippen LogP contribution is -2.39. The summed E-state index contributed by atoms with van der Waals surface area (Å²) >= 11 is 0. The molecule has 9 heteroatoms. The molecule has 0 unspecified atom stereocenters. The average Bonchev–Trinajstić information content (AvgIpc) is 2.44. The van der Waals surface area contributed by atoms with E-state index in [9.17, 15) is 18.5 Å². The van der Waals surface area contributed by atoms with Crippen molar-refractivity contribution in [2.45, 2.75) is 24.3 Å². The third kappa shape index (κ3) is 4.13. The Hall–Kier alpha value is -1.71. The molecule has 0 amide bonds. The van der Waals surface area contributed by atoms with Gasteiger partial charge in [-0.25, -0.2) is 13.1 Å². The highest BCUT2D eigenvalue weighted by Crippen LogP contribution is 2.31. The van der Waals surface area contributed by atoms with E-state index in [2.05, 4.69) is 10.0 Å². The maximum absolute atomic E-state index is 12.3. The zero-order chi connectivity index (χ0) is 16.3. The minimum absolute atomic E-state index is 0.00717. The highest BCUT2D eigenvalue weighted by molar-refractivity contribution is 7.89. The van der Waals surface area contributed by atoms with Crippen LogP contribution in [0.4, 0.5) is 11.4 Å². The maximum atomic E-state index is 12.3. The number of hydrogen-bond acceptors (Lipinski definition) is 6. The van der Waals surface area contributed by atoms with E-state index in [-0.39, 0.29) is 17.1 Å². The van der Waals surface area contributed by atoms with Crippen molar-refractivity contribution >= 4 is 21.4 Å². The van der Waals surface area contributed by atoms with Crippen molar-refractivity contribution in [3.8, 4) is 0 Å². The number of benzene rings is 1. The van der Waals surface area contributed by atoms with Crippen molar-refractivity contribution in [1.82, 2.24) is 4.72 Å². The molecular formula is C12H19N3O5S. The molecule has 0 aliphatic heterocycles.